The van der Waals surface area contributed by atoms with Crippen LogP contribution in [0, 0.1) is 5.92 Å². The zero-order valence-corrected chi connectivity index (χ0v) is 11.6. The first kappa shape index (κ1) is 12.7. The number of piperidine rings is 1. The van der Waals surface area contributed by atoms with E-state index < -0.39 is 0 Å². The van der Waals surface area contributed by atoms with E-state index in [1.807, 2.05) is 12.1 Å². The molecule has 1 aromatic heterocycles. The lowest BCUT2D eigenvalue weighted by atomic mass is 9.90. The average Bonchev–Trinajstić information content (AvgIpc) is 3.02. The highest BCUT2D eigenvalue weighted by atomic mass is 16.5. The van der Waals surface area contributed by atoms with Gasteiger partial charge < -0.3 is 15.0 Å². The summed E-state index contributed by atoms with van der Waals surface area (Å²) in [7, 11) is 1.67. The van der Waals surface area contributed by atoms with Crippen LogP contribution in [0.15, 0.2) is 18.2 Å². The molecule has 0 radical (unpaired) electrons. The first-order valence-electron chi connectivity index (χ1n) is 7.36. The van der Waals surface area contributed by atoms with E-state index in [-0.39, 0.29) is 0 Å². The maximum atomic E-state index is 5.22. The summed E-state index contributed by atoms with van der Waals surface area (Å²) < 4.78 is 5.22. The number of nitrogens with zero attached hydrogens (tertiary/aromatic N) is 2. The molecule has 19 heavy (non-hydrogen) atoms. The Hall–Kier alpha value is -1.29. The zero-order chi connectivity index (χ0) is 13.1. The molecule has 2 unspecified atom stereocenters. The van der Waals surface area contributed by atoms with E-state index >= 15 is 0 Å². The molecular formula is C15H23N3O. The normalized spacial score (nSPS) is 27.5. The van der Waals surface area contributed by atoms with Crippen LogP contribution in [0.2, 0.25) is 0 Å². The van der Waals surface area contributed by atoms with Gasteiger partial charge in [-0.3, -0.25) is 0 Å². The molecule has 0 aromatic carbocycles. The minimum atomic E-state index is 0.707. The Labute approximate surface area is 115 Å². The fourth-order valence-electron chi connectivity index (χ4n) is 3.35. The molecule has 0 aliphatic carbocycles. The Morgan fingerprint density at radius 2 is 2.26 bits per heavy atom. The molecule has 1 aromatic rings. The van der Waals surface area contributed by atoms with Gasteiger partial charge in [0.1, 0.15) is 5.82 Å². The molecule has 3 rings (SSSR count). The van der Waals surface area contributed by atoms with Crippen LogP contribution < -0.4 is 15.0 Å². The van der Waals surface area contributed by atoms with Crippen LogP contribution in [0.25, 0.3) is 0 Å². The number of methoxy groups -OCH3 is 1. The van der Waals surface area contributed by atoms with Crippen LogP contribution >= 0.6 is 0 Å². The van der Waals surface area contributed by atoms with Gasteiger partial charge in [-0.15, -0.1) is 0 Å². The molecule has 2 saturated heterocycles. The average molecular weight is 261 g/mol. The molecule has 2 aliphatic heterocycles. The molecule has 104 valence electrons. The molecule has 2 fully saturated rings. The van der Waals surface area contributed by atoms with Gasteiger partial charge in [0, 0.05) is 25.2 Å². The lowest BCUT2D eigenvalue weighted by Crippen LogP contribution is -2.43. The van der Waals surface area contributed by atoms with Gasteiger partial charge in [0.05, 0.1) is 7.11 Å². The van der Waals surface area contributed by atoms with Crippen molar-refractivity contribution in [1.82, 2.24) is 10.3 Å². The third-order valence-corrected chi connectivity index (χ3v) is 4.37. The predicted octanol–water partition coefficient (Wildman–Crippen LogP) is 2.06. The van der Waals surface area contributed by atoms with E-state index in [0.29, 0.717) is 11.9 Å². The summed E-state index contributed by atoms with van der Waals surface area (Å²) in [5, 5.41) is 3.65. The highest BCUT2D eigenvalue weighted by Crippen LogP contribution is 2.27. The predicted molar refractivity (Wildman–Crippen MR) is 76.8 cm³/mol. The number of aromatic nitrogens is 1. The molecule has 1 N–H and O–H groups in total. The van der Waals surface area contributed by atoms with Gasteiger partial charge in [0.15, 0.2) is 0 Å². The van der Waals surface area contributed by atoms with Crippen molar-refractivity contribution in [3.05, 3.63) is 18.2 Å². The van der Waals surface area contributed by atoms with Gasteiger partial charge in [-0.1, -0.05) is 6.07 Å². The SMILES string of the molecule is COc1cccc(N2CCCC(C3CCCN3)C2)n1. The molecule has 0 amide bonds. The molecular weight excluding hydrogens is 238 g/mol. The van der Waals surface area contributed by atoms with Gasteiger partial charge >= 0.3 is 0 Å². The van der Waals surface area contributed by atoms with Crippen LogP contribution in [-0.2, 0) is 0 Å². The minimum absolute atomic E-state index is 0.707. The lowest BCUT2D eigenvalue weighted by Gasteiger charge is -2.36. The van der Waals surface area contributed by atoms with E-state index in [0.717, 1.165) is 24.8 Å². The first-order valence-corrected chi connectivity index (χ1v) is 7.36. The minimum Gasteiger partial charge on any atom is -0.481 e. The van der Waals surface area contributed by atoms with E-state index in [2.05, 4.69) is 21.3 Å². The summed E-state index contributed by atoms with van der Waals surface area (Å²) in [6.45, 7) is 3.43. The van der Waals surface area contributed by atoms with Crippen molar-refractivity contribution in [2.75, 3.05) is 31.6 Å². The van der Waals surface area contributed by atoms with E-state index in [1.165, 1.54) is 32.2 Å². The summed E-state index contributed by atoms with van der Waals surface area (Å²) in [4.78, 5) is 6.97. The van der Waals surface area contributed by atoms with E-state index in [4.69, 9.17) is 4.74 Å². The smallest absolute Gasteiger partial charge is 0.214 e. The van der Waals surface area contributed by atoms with Crippen molar-refractivity contribution >= 4 is 5.82 Å². The molecule has 0 saturated carbocycles. The topological polar surface area (TPSA) is 37.4 Å². The second-order valence-electron chi connectivity index (χ2n) is 5.59. The van der Waals surface area contributed by atoms with Crippen LogP contribution in [0.4, 0.5) is 5.82 Å². The van der Waals surface area contributed by atoms with Gasteiger partial charge in [0.25, 0.3) is 0 Å². The van der Waals surface area contributed by atoms with Crippen LogP contribution in [0.5, 0.6) is 5.88 Å². The number of anilines is 1. The Bertz CT molecular complexity index is 418. The molecule has 3 heterocycles. The summed E-state index contributed by atoms with van der Waals surface area (Å²) in [5.41, 5.74) is 0. The second kappa shape index (κ2) is 5.78. The summed E-state index contributed by atoms with van der Waals surface area (Å²) >= 11 is 0. The maximum Gasteiger partial charge on any atom is 0.214 e. The Morgan fingerprint density at radius 3 is 3.05 bits per heavy atom. The number of nitrogens with one attached hydrogen (secondary N) is 1. The van der Waals surface area contributed by atoms with Crippen molar-refractivity contribution in [1.29, 1.82) is 0 Å². The number of ether oxygens (including phenoxy) is 1. The van der Waals surface area contributed by atoms with Gasteiger partial charge in [-0.2, -0.15) is 4.98 Å². The number of pyridine rings is 1. The van der Waals surface area contributed by atoms with E-state index in [9.17, 15) is 0 Å². The largest absolute Gasteiger partial charge is 0.481 e. The molecule has 2 atom stereocenters. The van der Waals surface area contributed by atoms with Crippen LogP contribution in [-0.4, -0.2) is 37.8 Å². The molecule has 0 spiro atoms. The summed E-state index contributed by atoms with van der Waals surface area (Å²) in [5.74, 6) is 2.53. The third-order valence-electron chi connectivity index (χ3n) is 4.37. The number of rotatable bonds is 3. The van der Waals surface area contributed by atoms with Crippen molar-refractivity contribution in [3.63, 3.8) is 0 Å². The standard InChI is InChI=1S/C15H23N3O/c1-19-15-8-2-7-14(17-15)18-10-4-5-12(11-18)13-6-3-9-16-13/h2,7-8,12-13,16H,3-6,9-11H2,1H3. The van der Waals surface area contributed by atoms with Crippen LogP contribution in [0.3, 0.4) is 0 Å². The fourth-order valence-corrected chi connectivity index (χ4v) is 3.35. The molecule has 4 heteroatoms. The zero-order valence-electron chi connectivity index (χ0n) is 11.6. The molecule has 0 bridgehead atoms. The lowest BCUT2D eigenvalue weighted by molar-refractivity contribution is 0.327. The van der Waals surface area contributed by atoms with Crippen LogP contribution in [0.1, 0.15) is 25.7 Å². The van der Waals surface area contributed by atoms with Gasteiger partial charge in [-0.05, 0) is 44.2 Å². The van der Waals surface area contributed by atoms with Crippen molar-refractivity contribution < 1.29 is 4.74 Å². The quantitative estimate of drug-likeness (QED) is 0.903. The molecule has 4 nitrogen and oxygen atoms in total. The number of hydrogen-bond acceptors (Lipinski definition) is 4. The third kappa shape index (κ3) is 2.84. The Kier molecular flexibility index (Phi) is 3.87. The highest BCUT2D eigenvalue weighted by molar-refractivity contribution is 5.41. The highest BCUT2D eigenvalue weighted by Gasteiger charge is 2.29. The first-order chi connectivity index (χ1) is 9.36. The van der Waals surface area contributed by atoms with Crippen molar-refractivity contribution in [3.8, 4) is 5.88 Å². The summed E-state index contributed by atoms with van der Waals surface area (Å²) in [6.07, 6.45) is 5.28. The Balaban J connectivity index is 1.69. The second-order valence-corrected chi connectivity index (χ2v) is 5.59. The van der Waals surface area contributed by atoms with E-state index in [1.54, 1.807) is 7.11 Å². The summed E-state index contributed by atoms with van der Waals surface area (Å²) in [6, 6.07) is 6.74. The fraction of sp³-hybridized carbons (Fsp3) is 0.667. The van der Waals surface area contributed by atoms with Gasteiger partial charge in [-0.25, -0.2) is 0 Å². The van der Waals surface area contributed by atoms with Crippen molar-refractivity contribution in [2.24, 2.45) is 5.92 Å². The number of hydrogen-bond donors (Lipinski definition) is 1. The van der Waals surface area contributed by atoms with Crippen molar-refractivity contribution in [2.45, 2.75) is 31.7 Å². The Morgan fingerprint density at radius 1 is 1.32 bits per heavy atom. The monoisotopic (exact) mass is 261 g/mol. The van der Waals surface area contributed by atoms with Gasteiger partial charge in [0.2, 0.25) is 5.88 Å². The molecule has 2 aliphatic rings. The maximum absolute atomic E-state index is 5.22.